The van der Waals surface area contributed by atoms with Gasteiger partial charge in [0.15, 0.2) is 0 Å². The van der Waals surface area contributed by atoms with Crippen molar-refractivity contribution in [3.8, 4) is 0 Å². The molecule has 12 heavy (non-hydrogen) atoms. The molecule has 3 nitrogen and oxygen atoms in total. The van der Waals surface area contributed by atoms with Crippen molar-refractivity contribution >= 4 is 5.69 Å². The van der Waals surface area contributed by atoms with Gasteiger partial charge in [0.1, 0.15) is 5.69 Å². The van der Waals surface area contributed by atoms with Gasteiger partial charge in [-0.25, -0.2) is 4.68 Å². The first-order valence-corrected chi connectivity index (χ1v) is 3.85. The van der Waals surface area contributed by atoms with Gasteiger partial charge < -0.3 is 5.73 Å². The summed E-state index contributed by atoms with van der Waals surface area (Å²) in [6.07, 6.45) is 0. The van der Waals surface area contributed by atoms with Crippen molar-refractivity contribution in [1.82, 2.24) is 9.78 Å². The number of aromatic nitrogens is 2. The fourth-order valence-corrected chi connectivity index (χ4v) is 0.956. The molecule has 1 heterocycles. The minimum atomic E-state index is -0.444. The van der Waals surface area contributed by atoms with Crippen molar-refractivity contribution in [3.63, 3.8) is 0 Å². The zero-order valence-electron chi connectivity index (χ0n) is 7.85. The molecule has 0 saturated heterocycles. The first-order chi connectivity index (χ1) is 5.34. The summed E-state index contributed by atoms with van der Waals surface area (Å²) in [6.45, 7) is 7.33. The van der Waals surface area contributed by atoms with Gasteiger partial charge in [0.2, 0.25) is 5.95 Å². The predicted molar refractivity (Wildman–Crippen MR) is 46.3 cm³/mol. The summed E-state index contributed by atoms with van der Waals surface area (Å²) < 4.78 is 14.6. The molecule has 0 radical (unpaired) electrons. The van der Waals surface area contributed by atoms with Gasteiger partial charge in [-0.05, 0) is 27.7 Å². The third-order valence-electron chi connectivity index (χ3n) is 1.68. The third kappa shape index (κ3) is 1.29. The Bertz CT molecular complexity index is 296. The van der Waals surface area contributed by atoms with E-state index in [1.54, 1.807) is 6.92 Å². The molecular weight excluding hydrogens is 157 g/mol. The van der Waals surface area contributed by atoms with Gasteiger partial charge >= 0.3 is 0 Å². The van der Waals surface area contributed by atoms with E-state index in [0.29, 0.717) is 5.69 Å². The Kier molecular flexibility index (Phi) is 1.86. The van der Waals surface area contributed by atoms with E-state index >= 15 is 0 Å². The Hall–Kier alpha value is -1.06. The van der Waals surface area contributed by atoms with Crippen molar-refractivity contribution < 1.29 is 4.39 Å². The number of nitrogen functional groups attached to an aromatic ring is 1. The van der Waals surface area contributed by atoms with Crippen LogP contribution in [0.25, 0.3) is 0 Å². The number of hydrogen-bond acceptors (Lipinski definition) is 2. The number of hydrogen-bond donors (Lipinski definition) is 1. The van der Waals surface area contributed by atoms with Crippen LogP contribution in [0.15, 0.2) is 0 Å². The Labute approximate surface area is 71.4 Å². The SMILES string of the molecule is Cc1nn(C(C)(C)C)c(F)c1N. The Balaban J connectivity index is 3.28. The van der Waals surface area contributed by atoms with Crippen molar-refractivity contribution in [3.05, 3.63) is 11.6 Å². The normalized spacial score (nSPS) is 12.1. The highest BCUT2D eigenvalue weighted by atomic mass is 19.1. The first-order valence-electron chi connectivity index (χ1n) is 3.85. The van der Waals surface area contributed by atoms with Gasteiger partial charge in [-0.15, -0.1) is 0 Å². The van der Waals surface area contributed by atoms with Crippen LogP contribution in [0, 0.1) is 12.9 Å². The second-order valence-electron chi connectivity index (χ2n) is 3.87. The lowest BCUT2D eigenvalue weighted by molar-refractivity contribution is 0.299. The largest absolute Gasteiger partial charge is 0.393 e. The maximum absolute atomic E-state index is 13.3. The van der Waals surface area contributed by atoms with Gasteiger partial charge in [-0.2, -0.15) is 9.49 Å². The summed E-state index contributed by atoms with van der Waals surface area (Å²) in [4.78, 5) is 0. The van der Waals surface area contributed by atoms with Gasteiger partial charge in [-0.3, -0.25) is 0 Å². The molecule has 0 amide bonds. The summed E-state index contributed by atoms with van der Waals surface area (Å²) in [5.41, 5.74) is 5.77. The topological polar surface area (TPSA) is 43.8 Å². The summed E-state index contributed by atoms with van der Waals surface area (Å²) >= 11 is 0. The maximum Gasteiger partial charge on any atom is 0.235 e. The van der Waals surface area contributed by atoms with E-state index in [4.69, 9.17) is 5.73 Å². The van der Waals surface area contributed by atoms with Crippen LogP contribution in [0.4, 0.5) is 10.1 Å². The van der Waals surface area contributed by atoms with Crippen LogP contribution >= 0.6 is 0 Å². The highest BCUT2D eigenvalue weighted by Gasteiger charge is 2.21. The summed E-state index contributed by atoms with van der Waals surface area (Å²) in [6, 6.07) is 0. The van der Waals surface area contributed by atoms with Crippen LogP contribution in [-0.4, -0.2) is 9.78 Å². The van der Waals surface area contributed by atoms with E-state index in [9.17, 15) is 4.39 Å². The van der Waals surface area contributed by atoms with E-state index in [0.717, 1.165) is 0 Å². The van der Waals surface area contributed by atoms with Crippen molar-refractivity contribution in [2.45, 2.75) is 33.2 Å². The second kappa shape index (κ2) is 2.47. The van der Waals surface area contributed by atoms with Gasteiger partial charge in [0.05, 0.1) is 11.2 Å². The lowest BCUT2D eigenvalue weighted by Gasteiger charge is -2.19. The van der Waals surface area contributed by atoms with Crippen molar-refractivity contribution in [2.24, 2.45) is 0 Å². The molecule has 0 unspecified atom stereocenters. The standard InChI is InChI=1S/C8H14FN3/c1-5-6(10)7(9)12(11-5)8(2,3)4/h10H2,1-4H3. The number of aryl methyl sites for hydroxylation is 1. The Morgan fingerprint density at radius 1 is 1.42 bits per heavy atom. The fourth-order valence-electron chi connectivity index (χ4n) is 0.956. The smallest absolute Gasteiger partial charge is 0.235 e. The van der Waals surface area contributed by atoms with E-state index in [-0.39, 0.29) is 11.2 Å². The summed E-state index contributed by atoms with van der Waals surface area (Å²) in [5.74, 6) is -0.444. The zero-order chi connectivity index (χ0) is 9.52. The Morgan fingerprint density at radius 3 is 2.08 bits per heavy atom. The highest BCUT2D eigenvalue weighted by molar-refractivity contribution is 5.41. The molecule has 0 fully saturated rings. The third-order valence-corrected chi connectivity index (χ3v) is 1.68. The van der Waals surface area contributed by atoms with Crippen LogP contribution in [0.2, 0.25) is 0 Å². The van der Waals surface area contributed by atoms with E-state index in [1.807, 2.05) is 20.8 Å². The lowest BCUT2D eigenvalue weighted by atomic mass is 10.1. The molecule has 0 aliphatic rings. The molecule has 0 atom stereocenters. The van der Waals surface area contributed by atoms with E-state index in [1.165, 1.54) is 4.68 Å². The molecule has 0 spiro atoms. The number of nitrogens with zero attached hydrogens (tertiary/aromatic N) is 2. The molecular formula is C8H14FN3. The lowest BCUT2D eigenvalue weighted by Crippen LogP contribution is -2.25. The van der Waals surface area contributed by atoms with Crippen LogP contribution < -0.4 is 5.73 Å². The van der Waals surface area contributed by atoms with Crippen LogP contribution in [0.5, 0.6) is 0 Å². The fraction of sp³-hybridized carbons (Fsp3) is 0.625. The number of anilines is 1. The molecule has 0 aromatic carbocycles. The minimum Gasteiger partial charge on any atom is -0.393 e. The first kappa shape index (κ1) is 9.03. The molecule has 1 aromatic rings. The van der Waals surface area contributed by atoms with E-state index < -0.39 is 5.95 Å². The minimum absolute atomic E-state index is 0.143. The van der Waals surface area contributed by atoms with Crippen molar-refractivity contribution in [2.75, 3.05) is 5.73 Å². The van der Waals surface area contributed by atoms with Gasteiger partial charge in [-0.1, -0.05) is 0 Å². The van der Waals surface area contributed by atoms with Crippen molar-refractivity contribution in [1.29, 1.82) is 0 Å². The molecule has 1 rings (SSSR count). The van der Waals surface area contributed by atoms with Crippen LogP contribution in [0.1, 0.15) is 26.5 Å². The number of halogens is 1. The number of rotatable bonds is 0. The maximum atomic E-state index is 13.3. The molecule has 0 saturated carbocycles. The molecule has 68 valence electrons. The average Bonchev–Trinajstić information content (AvgIpc) is 2.15. The monoisotopic (exact) mass is 171 g/mol. The predicted octanol–water partition coefficient (Wildman–Crippen LogP) is 1.67. The van der Waals surface area contributed by atoms with E-state index in [2.05, 4.69) is 5.10 Å². The molecule has 2 N–H and O–H groups in total. The average molecular weight is 171 g/mol. The van der Waals surface area contributed by atoms with Crippen LogP contribution in [0.3, 0.4) is 0 Å². The highest BCUT2D eigenvalue weighted by Crippen LogP contribution is 2.21. The quantitative estimate of drug-likeness (QED) is 0.645. The summed E-state index contributed by atoms with van der Waals surface area (Å²) in [5, 5.41) is 4.00. The van der Waals surface area contributed by atoms with Gasteiger partial charge in [0.25, 0.3) is 0 Å². The molecule has 0 aliphatic carbocycles. The zero-order valence-corrected chi connectivity index (χ0v) is 7.85. The number of nitrogens with two attached hydrogens (primary N) is 1. The molecule has 1 aromatic heterocycles. The van der Waals surface area contributed by atoms with Crippen LogP contribution in [-0.2, 0) is 5.54 Å². The summed E-state index contributed by atoms with van der Waals surface area (Å²) in [7, 11) is 0. The molecule has 4 heteroatoms. The van der Waals surface area contributed by atoms with Gasteiger partial charge in [0, 0.05) is 0 Å². The second-order valence-corrected chi connectivity index (χ2v) is 3.87. The Morgan fingerprint density at radius 2 is 1.92 bits per heavy atom. The molecule has 0 aliphatic heterocycles. The molecule has 0 bridgehead atoms.